The molecule has 1 rings (SSSR count). The molecule has 2 N–H and O–H groups in total. The molecule has 0 aliphatic carbocycles. The van der Waals surface area contributed by atoms with Gasteiger partial charge in [0.1, 0.15) is 0 Å². The van der Waals surface area contributed by atoms with Gasteiger partial charge in [0.25, 0.3) is 0 Å². The van der Waals surface area contributed by atoms with E-state index in [2.05, 4.69) is 21.2 Å². The van der Waals surface area contributed by atoms with Crippen LogP contribution in [0.1, 0.15) is 18.6 Å². The number of aliphatic hydroxyl groups is 1. The molecule has 0 unspecified atom stereocenters. The Bertz CT molecular complexity index is 407. The van der Waals surface area contributed by atoms with E-state index in [1.165, 1.54) is 0 Å². The van der Waals surface area contributed by atoms with Gasteiger partial charge in [0.05, 0.1) is 12.6 Å². The summed E-state index contributed by atoms with van der Waals surface area (Å²) in [6.07, 6.45) is -0.511. The summed E-state index contributed by atoms with van der Waals surface area (Å²) < 4.78 is 0.841. The maximum atomic E-state index is 11.3. The lowest BCUT2D eigenvalue weighted by atomic mass is 10.1. The summed E-state index contributed by atoms with van der Waals surface area (Å²) in [5.41, 5.74) is 1.76. The highest BCUT2D eigenvalue weighted by Crippen LogP contribution is 2.27. The zero-order chi connectivity index (χ0) is 13.0. The van der Waals surface area contributed by atoms with E-state index in [1.807, 2.05) is 30.1 Å². The molecule has 1 atom stereocenters. The highest BCUT2D eigenvalue weighted by atomic mass is 79.9. The quantitative estimate of drug-likeness (QED) is 0.890. The number of hydrogen-bond donors (Lipinski definition) is 2. The zero-order valence-corrected chi connectivity index (χ0v) is 11.8. The van der Waals surface area contributed by atoms with Gasteiger partial charge in [0.15, 0.2) is 0 Å². The molecule has 0 bridgehead atoms. The van der Waals surface area contributed by atoms with Gasteiger partial charge in [-0.05, 0) is 24.6 Å². The van der Waals surface area contributed by atoms with Crippen molar-refractivity contribution in [2.45, 2.75) is 13.0 Å². The molecule has 0 radical (unpaired) electrons. The molecule has 0 saturated heterocycles. The number of rotatable bonds is 4. The Morgan fingerprint density at radius 3 is 2.71 bits per heavy atom. The van der Waals surface area contributed by atoms with Crippen LogP contribution in [0.5, 0.6) is 0 Å². The Hall–Kier alpha value is -1.07. The van der Waals surface area contributed by atoms with Gasteiger partial charge in [0.2, 0.25) is 5.91 Å². The number of anilines is 1. The topological polar surface area (TPSA) is 52.6 Å². The van der Waals surface area contributed by atoms with Crippen molar-refractivity contribution in [1.82, 2.24) is 5.32 Å². The lowest BCUT2D eigenvalue weighted by molar-refractivity contribution is -0.119. The first-order valence-corrected chi connectivity index (χ1v) is 6.14. The molecule has 17 heavy (non-hydrogen) atoms. The molecule has 0 spiro atoms. The van der Waals surface area contributed by atoms with Crippen molar-refractivity contribution in [1.29, 1.82) is 0 Å². The normalized spacial score (nSPS) is 12.1. The molecule has 0 aliphatic rings. The van der Waals surface area contributed by atoms with Gasteiger partial charge in [-0.3, -0.25) is 4.79 Å². The lowest BCUT2D eigenvalue weighted by Gasteiger charge is -2.19. The summed E-state index contributed by atoms with van der Waals surface area (Å²) in [5.74, 6) is -0.0387. The second-order valence-corrected chi connectivity index (χ2v) is 4.77. The van der Waals surface area contributed by atoms with Crippen LogP contribution in [0, 0.1) is 0 Å². The van der Waals surface area contributed by atoms with Gasteiger partial charge < -0.3 is 15.3 Å². The molecule has 0 fully saturated rings. The highest BCUT2D eigenvalue weighted by molar-refractivity contribution is 9.10. The molecule has 5 heteroatoms. The Kier molecular flexibility index (Phi) is 4.96. The number of carbonyl (C=O) groups is 1. The molecule has 4 nitrogen and oxygen atoms in total. The number of nitrogens with zero attached hydrogens (tertiary/aromatic N) is 1. The number of halogens is 1. The van der Waals surface area contributed by atoms with Crippen LogP contribution in [-0.4, -0.2) is 31.7 Å². The van der Waals surface area contributed by atoms with Crippen LogP contribution in [0.15, 0.2) is 22.7 Å². The van der Waals surface area contributed by atoms with Gasteiger partial charge in [0, 0.05) is 24.3 Å². The number of likely N-dealkylation sites (N-methyl/N-ethyl adjacent to an activating group) is 2. The summed E-state index contributed by atoms with van der Waals surface area (Å²) in [6, 6.07) is 5.63. The van der Waals surface area contributed by atoms with Gasteiger partial charge in [-0.25, -0.2) is 0 Å². The third-order valence-corrected chi connectivity index (χ3v) is 3.22. The first kappa shape index (κ1) is 14.0. The van der Waals surface area contributed by atoms with Gasteiger partial charge in [-0.1, -0.05) is 22.0 Å². The van der Waals surface area contributed by atoms with Crippen LogP contribution < -0.4 is 10.2 Å². The molecule has 0 aliphatic heterocycles. The van der Waals surface area contributed by atoms with Crippen LogP contribution in [-0.2, 0) is 4.79 Å². The minimum absolute atomic E-state index is 0.0387. The second-order valence-electron chi connectivity index (χ2n) is 3.91. The largest absolute Gasteiger partial charge is 0.389 e. The Labute approximate surface area is 110 Å². The van der Waals surface area contributed by atoms with Crippen LogP contribution in [0.2, 0.25) is 0 Å². The van der Waals surface area contributed by atoms with Crippen molar-refractivity contribution in [3.05, 3.63) is 28.2 Å². The Morgan fingerprint density at radius 1 is 1.59 bits per heavy atom. The number of amides is 1. The van der Waals surface area contributed by atoms with Crippen molar-refractivity contribution in [3.63, 3.8) is 0 Å². The van der Waals surface area contributed by atoms with E-state index in [9.17, 15) is 9.90 Å². The molecule has 1 aromatic rings. The molecule has 0 heterocycles. The molecule has 1 amide bonds. The van der Waals surface area contributed by atoms with Gasteiger partial charge in [-0.15, -0.1) is 0 Å². The van der Waals surface area contributed by atoms with E-state index < -0.39 is 6.10 Å². The fourth-order valence-electron chi connectivity index (χ4n) is 1.48. The fraction of sp³-hybridized carbons (Fsp3) is 0.417. The van der Waals surface area contributed by atoms with Crippen molar-refractivity contribution in [2.75, 3.05) is 25.5 Å². The van der Waals surface area contributed by atoms with Crippen molar-refractivity contribution in [2.24, 2.45) is 0 Å². The smallest absolute Gasteiger partial charge is 0.239 e. The minimum Gasteiger partial charge on any atom is -0.389 e. The summed E-state index contributed by atoms with van der Waals surface area (Å²) in [6.45, 7) is 2.02. The summed E-state index contributed by atoms with van der Waals surface area (Å²) in [4.78, 5) is 13.1. The summed E-state index contributed by atoms with van der Waals surface area (Å²) >= 11 is 3.41. The highest BCUT2D eigenvalue weighted by Gasteiger charge is 2.10. The number of nitrogens with one attached hydrogen (secondary N) is 1. The average Bonchev–Trinajstić information content (AvgIpc) is 2.28. The summed E-state index contributed by atoms with van der Waals surface area (Å²) in [7, 11) is 3.46. The first-order chi connectivity index (χ1) is 7.95. The zero-order valence-electron chi connectivity index (χ0n) is 10.2. The van der Waals surface area contributed by atoms with Crippen LogP contribution in [0.3, 0.4) is 0 Å². The predicted molar refractivity (Wildman–Crippen MR) is 72.1 cm³/mol. The van der Waals surface area contributed by atoms with E-state index in [-0.39, 0.29) is 5.91 Å². The first-order valence-electron chi connectivity index (χ1n) is 5.35. The third-order valence-electron chi connectivity index (χ3n) is 2.53. The Balaban J connectivity index is 2.86. The lowest BCUT2D eigenvalue weighted by Crippen LogP contribution is -2.32. The maximum Gasteiger partial charge on any atom is 0.239 e. The van der Waals surface area contributed by atoms with E-state index in [1.54, 1.807) is 14.0 Å². The van der Waals surface area contributed by atoms with E-state index >= 15 is 0 Å². The predicted octanol–water partition coefficient (Wildman–Crippen LogP) is 1.68. The molecule has 0 aromatic heterocycles. The molecule has 94 valence electrons. The number of hydrogen-bond acceptors (Lipinski definition) is 3. The molecular formula is C12H17BrN2O2. The standard InChI is InChI=1S/C12H17BrN2O2/c1-8(16)10-5-4-9(6-11(10)13)15(3)7-12(17)14-2/h4-6,8,16H,7H2,1-3H3,(H,14,17)/t8-/m1/s1. The van der Waals surface area contributed by atoms with Crippen LogP contribution >= 0.6 is 15.9 Å². The fourth-order valence-corrected chi connectivity index (χ4v) is 2.18. The molecule has 1 aromatic carbocycles. The Morgan fingerprint density at radius 2 is 2.24 bits per heavy atom. The average molecular weight is 301 g/mol. The van der Waals surface area contributed by atoms with Crippen molar-refractivity contribution in [3.8, 4) is 0 Å². The minimum atomic E-state index is -0.511. The third kappa shape index (κ3) is 3.71. The van der Waals surface area contributed by atoms with Gasteiger partial charge in [-0.2, -0.15) is 0 Å². The van der Waals surface area contributed by atoms with E-state index in [4.69, 9.17) is 0 Å². The van der Waals surface area contributed by atoms with Crippen molar-refractivity contribution >= 4 is 27.5 Å². The molecule has 0 saturated carbocycles. The van der Waals surface area contributed by atoms with Crippen LogP contribution in [0.4, 0.5) is 5.69 Å². The van der Waals surface area contributed by atoms with E-state index in [0.29, 0.717) is 6.54 Å². The SMILES string of the molecule is CNC(=O)CN(C)c1ccc([C@@H](C)O)c(Br)c1. The van der Waals surface area contributed by atoms with Crippen molar-refractivity contribution < 1.29 is 9.90 Å². The number of carbonyl (C=O) groups excluding carboxylic acids is 1. The van der Waals surface area contributed by atoms with Crippen LogP contribution in [0.25, 0.3) is 0 Å². The number of benzene rings is 1. The molecular weight excluding hydrogens is 284 g/mol. The second kappa shape index (κ2) is 6.02. The van der Waals surface area contributed by atoms with Gasteiger partial charge >= 0.3 is 0 Å². The number of aliphatic hydroxyl groups excluding tert-OH is 1. The monoisotopic (exact) mass is 300 g/mol. The summed E-state index contributed by atoms with van der Waals surface area (Å²) in [5, 5.41) is 12.1. The maximum absolute atomic E-state index is 11.3. The van der Waals surface area contributed by atoms with E-state index in [0.717, 1.165) is 15.7 Å².